The largest absolute Gasteiger partial charge is 0.463 e. The fraction of sp³-hybridized carbons (Fsp3) is 0.400. The van der Waals surface area contributed by atoms with E-state index in [4.69, 9.17) is 14.7 Å². The van der Waals surface area contributed by atoms with Crippen molar-refractivity contribution in [3.05, 3.63) is 42.0 Å². The summed E-state index contributed by atoms with van der Waals surface area (Å²) in [5.74, 6) is 2.38. The van der Waals surface area contributed by atoms with Gasteiger partial charge in [-0.3, -0.25) is 4.90 Å². The fourth-order valence-electron chi connectivity index (χ4n) is 4.02. The van der Waals surface area contributed by atoms with Crippen LogP contribution in [-0.2, 0) is 6.54 Å². The van der Waals surface area contributed by atoms with Gasteiger partial charge in [-0.15, -0.1) is 0 Å². The van der Waals surface area contributed by atoms with Crippen molar-refractivity contribution < 1.29 is 8.94 Å². The van der Waals surface area contributed by atoms with Gasteiger partial charge in [-0.25, -0.2) is 0 Å². The second-order valence-corrected chi connectivity index (χ2v) is 7.73. The quantitative estimate of drug-likeness (QED) is 0.513. The number of nitrogen functional groups attached to an aromatic ring is 1. The molecular formula is C20H24N8O2. The Bertz CT molecular complexity index is 1150. The first-order valence-corrected chi connectivity index (χ1v) is 10.0. The Hall–Kier alpha value is -3.40. The summed E-state index contributed by atoms with van der Waals surface area (Å²) >= 11 is 0. The number of anilines is 2. The van der Waals surface area contributed by atoms with E-state index in [0.29, 0.717) is 35.0 Å². The first kappa shape index (κ1) is 18.6. The molecule has 10 nitrogen and oxygen atoms in total. The average molecular weight is 408 g/mol. The Morgan fingerprint density at radius 1 is 1.30 bits per heavy atom. The molecule has 10 heteroatoms. The molecule has 1 fully saturated rings. The van der Waals surface area contributed by atoms with Crippen molar-refractivity contribution in [2.75, 3.05) is 30.8 Å². The molecule has 1 saturated heterocycles. The molecular weight excluding hydrogens is 384 g/mol. The molecule has 4 aromatic heterocycles. The number of furan rings is 1. The Morgan fingerprint density at radius 2 is 2.20 bits per heavy atom. The number of nitrogens with two attached hydrogens (primary N) is 1. The van der Waals surface area contributed by atoms with Gasteiger partial charge in [0, 0.05) is 38.3 Å². The number of likely N-dealkylation sites (tertiary alicyclic amines) is 1. The van der Waals surface area contributed by atoms with Gasteiger partial charge in [0.05, 0.1) is 12.0 Å². The molecule has 0 radical (unpaired) electrons. The van der Waals surface area contributed by atoms with Crippen molar-refractivity contribution >= 4 is 17.5 Å². The van der Waals surface area contributed by atoms with E-state index in [9.17, 15) is 0 Å². The lowest BCUT2D eigenvalue weighted by Crippen LogP contribution is -2.39. The van der Waals surface area contributed by atoms with Crippen LogP contribution >= 0.6 is 0 Å². The molecule has 0 spiro atoms. The molecule has 4 aromatic rings. The van der Waals surface area contributed by atoms with Gasteiger partial charge in [0.1, 0.15) is 11.5 Å². The molecule has 0 bridgehead atoms. The van der Waals surface area contributed by atoms with Crippen molar-refractivity contribution in [2.24, 2.45) is 0 Å². The maximum absolute atomic E-state index is 6.16. The summed E-state index contributed by atoms with van der Waals surface area (Å²) in [5, 5.41) is 8.58. The summed E-state index contributed by atoms with van der Waals surface area (Å²) in [7, 11) is 1.99. The lowest BCUT2D eigenvalue weighted by molar-refractivity contribution is 0.240. The molecule has 1 unspecified atom stereocenters. The summed E-state index contributed by atoms with van der Waals surface area (Å²) in [6.07, 6.45) is 3.89. The summed E-state index contributed by atoms with van der Waals surface area (Å²) in [4.78, 5) is 13.6. The highest BCUT2D eigenvalue weighted by Crippen LogP contribution is 2.24. The highest BCUT2D eigenvalue weighted by Gasteiger charge is 2.27. The van der Waals surface area contributed by atoms with Gasteiger partial charge in [-0.1, -0.05) is 5.16 Å². The number of hydrogen-bond donors (Lipinski definition) is 1. The second kappa shape index (κ2) is 7.45. The van der Waals surface area contributed by atoms with E-state index in [1.165, 1.54) is 4.52 Å². The fourth-order valence-corrected chi connectivity index (χ4v) is 4.02. The lowest BCUT2D eigenvalue weighted by atomic mass is 10.2. The Kier molecular flexibility index (Phi) is 4.62. The Morgan fingerprint density at radius 3 is 2.97 bits per heavy atom. The number of hydrogen-bond acceptors (Lipinski definition) is 9. The van der Waals surface area contributed by atoms with Gasteiger partial charge in [0.15, 0.2) is 11.4 Å². The van der Waals surface area contributed by atoms with Crippen LogP contribution in [0.1, 0.15) is 24.3 Å². The molecule has 1 aliphatic heterocycles. The topological polar surface area (TPSA) is 115 Å². The maximum Gasteiger partial charge on any atom is 0.230 e. The molecule has 1 aliphatic rings. The normalized spacial score (nSPS) is 17.2. The van der Waals surface area contributed by atoms with Crippen molar-refractivity contribution in [1.82, 2.24) is 29.6 Å². The average Bonchev–Trinajstić information content (AvgIpc) is 3.49. The van der Waals surface area contributed by atoms with E-state index >= 15 is 0 Å². The van der Waals surface area contributed by atoms with Crippen molar-refractivity contribution in [2.45, 2.75) is 32.4 Å². The first-order valence-electron chi connectivity index (χ1n) is 10.0. The number of rotatable bonds is 6. The van der Waals surface area contributed by atoms with Crippen LogP contribution in [0.25, 0.3) is 17.1 Å². The smallest absolute Gasteiger partial charge is 0.230 e. The van der Waals surface area contributed by atoms with Crippen LogP contribution in [0, 0.1) is 6.92 Å². The summed E-state index contributed by atoms with van der Waals surface area (Å²) in [6.45, 7) is 4.54. The van der Waals surface area contributed by atoms with Gasteiger partial charge in [0.25, 0.3) is 0 Å². The molecule has 5 rings (SSSR count). The Balaban J connectivity index is 1.34. The molecule has 156 valence electrons. The highest BCUT2D eigenvalue weighted by molar-refractivity contribution is 5.61. The molecule has 0 saturated carbocycles. The molecule has 0 aliphatic carbocycles. The van der Waals surface area contributed by atoms with Gasteiger partial charge < -0.3 is 19.6 Å². The van der Waals surface area contributed by atoms with E-state index in [2.05, 4.69) is 25.1 Å². The molecule has 2 N–H and O–H groups in total. The van der Waals surface area contributed by atoms with Gasteiger partial charge in [0.2, 0.25) is 11.9 Å². The Labute approximate surface area is 173 Å². The van der Waals surface area contributed by atoms with E-state index in [-0.39, 0.29) is 0 Å². The standard InChI is InChI=1S/C20H24N8O2/c1-13-9-14(25-30-13)11-27-7-3-5-15(27)12-26(2)20-22-18-10-16(17-6-4-8-29-17)24-28(18)19(21)23-20/h4,6,8-10,15H,3,5,7,11-12H2,1-2H3,(H2,21,22,23). The van der Waals surface area contributed by atoms with E-state index in [1.54, 1.807) is 6.26 Å². The van der Waals surface area contributed by atoms with Crippen LogP contribution in [0.4, 0.5) is 11.9 Å². The highest BCUT2D eigenvalue weighted by atomic mass is 16.5. The number of nitrogens with zero attached hydrogens (tertiary/aromatic N) is 7. The van der Waals surface area contributed by atoms with Gasteiger partial charge >= 0.3 is 0 Å². The molecule has 5 heterocycles. The number of fused-ring (bicyclic) bond motifs is 1. The predicted octanol–water partition coefficient (Wildman–Crippen LogP) is 2.36. The lowest BCUT2D eigenvalue weighted by Gasteiger charge is -2.28. The maximum atomic E-state index is 6.16. The van der Waals surface area contributed by atoms with Crippen LogP contribution in [0.5, 0.6) is 0 Å². The monoisotopic (exact) mass is 408 g/mol. The predicted molar refractivity (Wildman–Crippen MR) is 111 cm³/mol. The number of aryl methyl sites for hydroxylation is 1. The number of likely N-dealkylation sites (N-methyl/N-ethyl adjacent to an activating group) is 1. The minimum Gasteiger partial charge on any atom is -0.463 e. The van der Waals surface area contributed by atoms with E-state index < -0.39 is 0 Å². The van der Waals surface area contributed by atoms with Crippen molar-refractivity contribution in [1.29, 1.82) is 0 Å². The number of aromatic nitrogens is 5. The van der Waals surface area contributed by atoms with Crippen LogP contribution < -0.4 is 10.6 Å². The van der Waals surface area contributed by atoms with Crippen molar-refractivity contribution in [3.8, 4) is 11.5 Å². The molecule has 0 aromatic carbocycles. The van der Waals surface area contributed by atoms with E-state index in [1.807, 2.05) is 43.1 Å². The van der Waals surface area contributed by atoms with Gasteiger partial charge in [-0.2, -0.15) is 19.6 Å². The zero-order valence-corrected chi connectivity index (χ0v) is 17.0. The van der Waals surface area contributed by atoms with Crippen LogP contribution in [-0.4, -0.2) is 55.8 Å². The zero-order chi connectivity index (χ0) is 20.7. The van der Waals surface area contributed by atoms with Gasteiger partial charge in [-0.05, 0) is 38.4 Å². The third kappa shape index (κ3) is 3.50. The summed E-state index contributed by atoms with van der Waals surface area (Å²) < 4.78 is 12.2. The molecule has 0 amide bonds. The van der Waals surface area contributed by atoms with Crippen LogP contribution in [0.2, 0.25) is 0 Å². The SMILES string of the molecule is Cc1cc(CN2CCCC2CN(C)c2nc(N)n3nc(-c4ccco4)cc3n2)no1. The summed E-state index contributed by atoms with van der Waals surface area (Å²) in [5.41, 5.74) is 8.44. The van der Waals surface area contributed by atoms with Crippen LogP contribution in [0.3, 0.4) is 0 Å². The second-order valence-electron chi connectivity index (χ2n) is 7.73. The third-order valence-corrected chi connectivity index (χ3v) is 5.48. The zero-order valence-electron chi connectivity index (χ0n) is 17.0. The van der Waals surface area contributed by atoms with E-state index in [0.717, 1.165) is 43.9 Å². The minimum absolute atomic E-state index is 0.293. The van der Waals surface area contributed by atoms with Crippen LogP contribution in [0.15, 0.2) is 39.5 Å². The first-order chi connectivity index (χ1) is 14.6. The van der Waals surface area contributed by atoms with Crippen molar-refractivity contribution in [3.63, 3.8) is 0 Å². The molecule has 30 heavy (non-hydrogen) atoms. The minimum atomic E-state index is 0.293. The molecule has 1 atom stereocenters. The summed E-state index contributed by atoms with van der Waals surface area (Å²) in [6, 6.07) is 7.90. The third-order valence-electron chi connectivity index (χ3n) is 5.48.